The van der Waals surface area contributed by atoms with E-state index in [9.17, 15) is 9.36 Å². The van der Waals surface area contributed by atoms with Gasteiger partial charge in [-0.15, -0.1) is 0 Å². The van der Waals surface area contributed by atoms with Crippen LogP contribution in [-0.2, 0) is 27.7 Å². The molecule has 1 aromatic heterocycles. The van der Waals surface area contributed by atoms with Gasteiger partial charge in [0, 0.05) is 0 Å². The molecule has 13 heteroatoms. The number of halogens is 1. The first kappa shape index (κ1) is 29.0. The van der Waals surface area contributed by atoms with Gasteiger partial charge in [-0.25, -0.2) is 15.4 Å². The summed E-state index contributed by atoms with van der Waals surface area (Å²) in [5.41, 5.74) is 2.90. The highest BCUT2D eigenvalue weighted by Gasteiger charge is 2.38. The lowest BCUT2D eigenvalue weighted by Gasteiger charge is -2.37. The summed E-state index contributed by atoms with van der Waals surface area (Å²) < 4.78 is 30.0. The molecule has 0 fully saturated rings. The number of aromatic nitrogens is 2. The van der Waals surface area contributed by atoms with E-state index in [1.54, 1.807) is 13.8 Å². The number of amides is 1. The summed E-state index contributed by atoms with van der Waals surface area (Å²) in [6, 6.07) is 0. The van der Waals surface area contributed by atoms with E-state index in [4.69, 9.17) is 29.9 Å². The summed E-state index contributed by atoms with van der Waals surface area (Å²) in [5.74, 6) is 0.187. The van der Waals surface area contributed by atoms with Crippen LogP contribution < -0.4 is 10.8 Å². The Bertz CT molecular complexity index is 771. The van der Waals surface area contributed by atoms with Gasteiger partial charge in [-0.2, -0.15) is 0 Å². The number of nitrogens with zero attached hydrogens (tertiary/aromatic N) is 2. The molecule has 0 saturated heterocycles. The van der Waals surface area contributed by atoms with Crippen molar-refractivity contribution in [3.05, 3.63) is 11.5 Å². The predicted octanol–water partition coefficient (Wildman–Crippen LogP) is 5.09. The van der Waals surface area contributed by atoms with Crippen molar-refractivity contribution in [3.8, 4) is 0 Å². The zero-order chi connectivity index (χ0) is 24.4. The van der Waals surface area contributed by atoms with Crippen LogP contribution in [0.25, 0.3) is 0 Å². The van der Waals surface area contributed by atoms with E-state index in [0.717, 1.165) is 0 Å². The number of rotatable bonds is 15. The molecular weight excluding hydrogens is 475 g/mol. The fourth-order valence-corrected chi connectivity index (χ4v) is 5.27. The number of hydrogen-bond donors (Lipinski definition) is 2. The molecule has 1 rings (SSSR count). The minimum atomic E-state index is -3.25. The smallest absolute Gasteiger partial charge is 0.330 e. The Morgan fingerprint density at radius 1 is 1.22 bits per heavy atom. The van der Waals surface area contributed by atoms with Gasteiger partial charge in [-0.3, -0.25) is 14.2 Å². The van der Waals surface area contributed by atoms with E-state index in [2.05, 4.69) is 54.6 Å². The fourth-order valence-electron chi connectivity index (χ4n) is 2.32. The Hall–Kier alpha value is -1.07. The average Bonchev–Trinajstić information content (AvgIpc) is 2.69. The standard InChI is InChI=1S/C19H36ClN4O6PSi/c1-8-27-31(26,28-9-2)11-10-15(12-29-32(6,7)19(3,4)5)30-24-18-16(23-14-25)17(20)21-13-22-18/h13-15H,8-12H2,1-7H3,(H,23,25)(H,21,22,24). The molecule has 1 atom stereocenters. The van der Waals surface area contributed by atoms with E-state index >= 15 is 0 Å². The Morgan fingerprint density at radius 2 is 1.84 bits per heavy atom. The molecule has 0 radical (unpaired) electrons. The molecule has 0 aliphatic rings. The SMILES string of the molecule is CCOP(=O)(CCC(CO[Si](C)(C)C(C)(C)C)ONc1ncnc(Cl)c1NC=O)OCC. The van der Waals surface area contributed by atoms with Crippen LogP contribution in [0.15, 0.2) is 6.33 Å². The van der Waals surface area contributed by atoms with Gasteiger partial charge in [0.2, 0.25) is 6.41 Å². The van der Waals surface area contributed by atoms with Crippen LogP contribution in [0.5, 0.6) is 0 Å². The maximum atomic E-state index is 12.9. The highest BCUT2D eigenvalue weighted by molar-refractivity contribution is 7.53. The van der Waals surface area contributed by atoms with Gasteiger partial charge >= 0.3 is 7.60 Å². The summed E-state index contributed by atoms with van der Waals surface area (Å²) in [7, 11) is -5.31. The summed E-state index contributed by atoms with van der Waals surface area (Å²) in [6.07, 6.45) is 1.70. The third-order valence-corrected chi connectivity index (χ3v) is 12.0. The molecule has 32 heavy (non-hydrogen) atoms. The third-order valence-electron chi connectivity index (χ3n) is 5.14. The van der Waals surface area contributed by atoms with Crippen molar-refractivity contribution in [1.82, 2.24) is 9.97 Å². The molecule has 184 valence electrons. The fraction of sp³-hybridized carbons (Fsp3) is 0.737. The molecule has 10 nitrogen and oxygen atoms in total. The first-order valence-electron chi connectivity index (χ1n) is 10.5. The first-order chi connectivity index (χ1) is 14.9. The highest BCUT2D eigenvalue weighted by Crippen LogP contribution is 2.49. The minimum absolute atomic E-state index is 0.0120. The van der Waals surface area contributed by atoms with Gasteiger partial charge in [0.25, 0.3) is 0 Å². The zero-order valence-electron chi connectivity index (χ0n) is 19.9. The van der Waals surface area contributed by atoms with Crippen LogP contribution in [0.3, 0.4) is 0 Å². The van der Waals surface area contributed by atoms with E-state index < -0.39 is 22.0 Å². The number of anilines is 2. The number of carbonyl (C=O) groups is 1. The Balaban J connectivity index is 2.98. The maximum absolute atomic E-state index is 12.9. The van der Waals surface area contributed by atoms with E-state index in [1.807, 2.05) is 0 Å². The van der Waals surface area contributed by atoms with E-state index in [0.29, 0.717) is 12.8 Å². The van der Waals surface area contributed by atoms with E-state index in [-0.39, 0.29) is 47.7 Å². The molecule has 0 spiro atoms. The van der Waals surface area contributed by atoms with Crippen LogP contribution >= 0.6 is 19.2 Å². The number of carbonyl (C=O) groups excluding carboxylic acids is 1. The molecule has 0 aliphatic carbocycles. The quantitative estimate of drug-likeness (QED) is 0.109. The first-order valence-corrected chi connectivity index (χ1v) is 15.5. The van der Waals surface area contributed by atoms with Crippen molar-refractivity contribution in [3.63, 3.8) is 0 Å². The van der Waals surface area contributed by atoms with E-state index in [1.165, 1.54) is 6.33 Å². The largest absolute Gasteiger partial charge is 0.414 e. The molecule has 1 heterocycles. The lowest BCUT2D eigenvalue weighted by atomic mass is 10.2. The van der Waals surface area contributed by atoms with Gasteiger partial charge in [0.05, 0.1) is 26.0 Å². The highest BCUT2D eigenvalue weighted by atomic mass is 35.5. The molecule has 1 aromatic rings. The van der Waals surface area contributed by atoms with Crippen LogP contribution in [0, 0.1) is 0 Å². The molecular formula is C19H36ClN4O6PSi. The molecule has 0 saturated carbocycles. The Morgan fingerprint density at radius 3 is 2.38 bits per heavy atom. The lowest BCUT2D eigenvalue weighted by Crippen LogP contribution is -2.43. The maximum Gasteiger partial charge on any atom is 0.330 e. The molecule has 0 aromatic carbocycles. The van der Waals surface area contributed by atoms with Gasteiger partial charge in [-0.1, -0.05) is 32.4 Å². The minimum Gasteiger partial charge on any atom is -0.414 e. The Labute approximate surface area is 196 Å². The van der Waals surface area contributed by atoms with Crippen molar-refractivity contribution in [2.75, 3.05) is 36.8 Å². The monoisotopic (exact) mass is 510 g/mol. The second kappa shape index (κ2) is 13.0. The summed E-state index contributed by atoms with van der Waals surface area (Å²) in [4.78, 5) is 24.6. The number of nitrogens with one attached hydrogen (secondary N) is 2. The van der Waals surface area contributed by atoms with Crippen LogP contribution in [0.2, 0.25) is 23.3 Å². The summed E-state index contributed by atoms with van der Waals surface area (Å²) >= 11 is 6.03. The second-order valence-electron chi connectivity index (χ2n) is 8.52. The van der Waals surface area contributed by atoms with Crippen LogP contribution in [0.4, 0.5) is 11.5 Å². The lowest BCUT2D eigenvalue weighted by molar-refractivity contribution is -0.105. The molecule has 2 N–H and O–H groups in total. The normalized spacial score (nSPS) is 13.6. The van der Waals surface area contributed by atoms with Crippen molar-refractivity contribution >= 4 is 45.4 Å². The number of hydrogen-bond acceptors (Lipinski definition) is 9. The van der Waals surface area contributed by atoms with Crippen molar-refractivity contribution in [2.24, 2.45) is 0 Å². The molecule has 1 unspecified atom stereocenters. The van der Waals surface area contributed by atoms with Crippen LogP contribution in [-0.4, -0.2) is 56.8 Å². The molecule has 0 bridgehead atoms. The van der Waals surface area contributed by atoms with Gasteiger partial charge in [0.1, 0.15) is 18.1 Å². The molecule has 1 amide bonds. The summed E-state index contributed by atoms with van der Waals surface area (Å²) in [5, 5.41) is 2.52. The van der Waals surface area contributed by atoms with Gasteiger partial charge in [-0.05, 0) is 38.4 Å². The van der Waals surface area contributed by atoms with Crippen LogP contribution in [0.1, 0.15) is 41.0 Å². The van der Waals surface area contributed by atoms with Crippen molar-refractivity contribution in [2.45, 2.75) is 65.3 Å². The topological polar surface area (TPSA) is 121 Å². The average molecular weight is 511 g/mol. The van der Waals surface area contributed by atoms with Gasteiger partial charge < -0.3 is 18.8 Å². The Kier molecular flexibility index (Phi) is 11.7. The molecule has 0 aliphatic heterocycles. The zero-order valence-corrected chi connectivity index (χ0v) is 22.6. The van der Waals surface area contributed by atoms with Crippen molar-refractivity contribution < 1.29 is 27.7 Å². The second-order valence-corrected chi connectivity index (χ2v) is 15.9. The predicted molar refractivity (Wildman–Crippen MR) is 129 cm³/mol. The van der Waals surface area contributed by atoms with Gasteiger partial charge in [0.15, 0.2) is 19.3 Å². The third kappa shape index (κ3) is 9.05. The summed E-state index contributed by atoms with van der Waals surface area (Å²) in [6.45, 7) is 15.1. The van der Waals surface area contributed by atoms with Crippen molar-refractivity contribution in [1.29, 1.82) is 0 Å².